The Kier molecular flexibility index (Phi) is 7.95. The smallest absolute Gasteiger partial charge is 0.251 e. The fourth-order valence-corrected chi connectivity index (χ4v) is 3.36. The summed E-state index contributed by atoms with van der Waals surface area (Å²) in [5.74, 6) is 1.38. The molecule has 0 aromatic heterocycles. The second-order valence-electron chi connectivity index (χ2n) is 6.34. The first-order chi connectivity index (χ1) is 12.2. The van der Waals surface area contributed by atoms with Gasteiger partial charge in [-0.25, -0.2) is 0 Å². The molecule has 2 heterocycles. The normalized spacial score (nSPS) is 23.9. The van der Waals surface area contributed by atoms with E-state index >= 15 is 0 Å². The van der Waals surface area contributed by atoms with Crippen LogP contribution in [0.15, 0.2) is 29.3 Å². The Hall–Kier alpha value is -1.55. The average Bonchev–Trinajstić information content (AvgIpc) is 3.27. The highest BCUT2D eigenvalue weighted by molar-refractivity contribution is 14.0. The van der Waals surface area contributed by atoms with Gasteiger partial charge in [0.15, 0.2) is 5.96 Å². The summed E-state index contributed by atoms with van der Waals surface area (Å²) in [6, 6.07) is 7.37. The van der Waals surface area contributed by atoms with E-state index in [0.29, 0.717) is 36.9 Å². The van der Waals surface area contributed by atoms with Crippen molar-refractivity contribution in [2.24, 2.45) is 4.99 Å². The van der Waals surface area contributed by atoms with Gasteiger partial charge in [0.2, 0.25) is 0 Å². The topological polar surface area (TPSA) is 84.0 Å². The van der Waals surface area contributed by atoms with E-state index in [2.05, 4.69) is 20.9 Å². The number of carbonyl (C=O) groups is 1. The molecule has 1 aromatic carbocycles. The maximum Gasteiger partial charge on any atom is 0.251 e. The number of nitrogens with one attached hydrogen (secondary N) is 3. The fourth-order valence-electron chi connectivity index (χ4n) is 3.36. The Balaban J connectivity index is 0.00000243. The van der Waals surface area contributed by atoms with Crippen LogP contribution in [0, 0.1) is 0 Å². The number of hydrogen-bond acceptors (Lipinski definition) is 4. The third-order valence-electron chi connectivity index (χ3n) is 4.71. The first-order valence-corrected chi connectivity index (χ1v) is 8.74. The molecule has 144 valence electrons. The molecule has 0 aliphatic carbocycles. The molecular weight excluding hydrogens is 447 g/mol. The van der Waals surface area contributed by atoms with Crippen molar-refractivity contribution in [3.63, 3.8) is 0 Å². The standard InChI is InChI=1S/C18H26N4O3.HI/c1-19-18(22-15-11-14-7-8-16(15)25-14)21-10-9-20-17(23)12-3-5-13(24-2)6-4-12;/h3-6,14-16H,7-11H2,1-2H3,(H,20,23)(H2,19,21,22);1H. The van der Waals surface area contributed by atoms with Crippen LogP contribution in [0.4, 0.5) is 0 Å². The van der Waals surface area contributed by atoms with E-state index in [0.717, 1.165) is 24.6 Å². The lowest BCUT2D eigenvalue weighted by molar-refractivity contribution is 0.0954. The van der Waals surface area contributed by atoms with Crippen molar-refractivity contribution in [1.29, 1.82) is 0 Å². The van der Waals surface area contributed by atoms with Crippen LogP contribution in [0.3, 0.4) is 0 Å². The van der Waals surface area contributed by atoms with E-state index in [4.69, 9.17) is 9.47 Å². The van der Waals surface area contributed by atoms with Gasteiger partial charge in [0.25, 0.3) is 5.91 Å². The summed E-state index contributed by atoms with van der Waals surface area (Å²) in [6.07, 6.45) is 4.05. The van der Waals surface area contributed by atoms with E-state index in [-0.39, 0.29) is 29.9 Å². The SMILES string of the molecule is CN=C(NCCNC(=O)c1ccc(OC)cc1)NC1CC2CCC1O2.I. The van der Waals surface area contributed by atoms with Crippen LogP contribution in [0.1, 0.15) is 29.6 Å². The van der Waals surface area contributed by atoms with E-state index in [1.165, 1.54) is 6.42 Å². The molecule has 3 unspecified atom stereocenters. The van der Waals surface area contributed by atoms with Gasteiger partial charge in [0, 0.05) is 25.7 Å². The van der Waals surface area contributed by atoms with Crippen molar-refractivity contribution >= 4 is 35.8 Å². The zero-order chi connectivity index (χ0) is 17.6. The summed E-state index contributed by atoms with van der Waals surface area (Å²) in [5.41, 5.74) is 0.613. The van der Waals surface area contributed by atoms with Crippen LogP contribution in [0.5, 0.6) is 5.75 Å². The van der Waals surface area contributed by atoms with Crippen LogP contribution in [-0.4, -0.2) is 57.4 Å². The van der Waals surface area contributed by atoms with Crippen molar-refractivity contribution in [3.8, 4) is 5.75 Å². The zero-order valence-corrected chi connectivity index (χ0v) is 17.5. The number of methoxy groups -OCH3 is 1. The summed E-state index contributed by atoms with van der Waals surface area (Å²) < 4.78 is 10.9. The Morgan fingerprint density at radius 1 is 1.23 bits per heavy atom. The van der Waals surface area contributed by atoms with Gasteiger partial charge in [-0.1, -0.05) is 0 Å². The number of hydrogen-bond donors (Lipinski definition) is 3. The molecule has 26 heavy (non-hydrogen) atoms. The molecule has 3 atom stereocenters. The lowest BCUT2D eigenvalue weighted by Crippen LogP contribution is -2.48. The summed E-state index contributed by atoms with van der Waals surface area (Å²) in [4.78, 5) is 16.3. The minimum absolute atomic E-state index is 0. The van der Waals surface area contributed by atoms with Crippen LogP contribution in [0.2, 0.25) is 0 Å². The first kappa shape index (κ1) is 20.8. The number of ether oxygens (including phenoxy) is 2. The van der Waals surface area contributed by atoms with E-state index in [1.807, 2.05) is 0 Å². The third-order valence-corrected chi connectivity index (χ3v) is 4.71. The van der Waals surface area contributed by atoms with Gasteiger partial charge in [-0.3, -0.25) is 9.79 Å². The Labute approximate surface area is 171 Å². The number of rotatable bonds is 6. The Morgan fingerprint density at radius 3 is 2.54 bits per heavy atom. The van der Waals surface area contributed by atoms with Crippen molar-refractivity contribution in [2.45, 2.75) is 37.5 Å². The molecule has 3 rings (SSSR count). The molecule has 1 amide bonds. The summed E-state index contributed by atoms with van der Waals surface area (Å²) in [6.45, 7) is 1.11. The zero-order valence-electron chi connectivity index (χ0n) is 15.2. The minimum atomic E-state index is -0.103. The second kappa shape index (κ2) is 9.96. The molecule has 7 nitrogen and oxygen atoms in total. The van der Waals surface area contributed by atoms with Crippen molar-refractivity contribution in [1.82, 2.24) is 16.0 Å². The highest BCUT2D eigenvalue weighted by atomic mass is 127. The van der Waals surface area contributed by atoms with Crippen molar-refractivity contribution < 1.29 is 14.3 Å². The highest BCUT2D eigenvalue weighted by Crippen LogP contribution is 2.34. The molecular formula is C18H27IN4O3. The van der Waals surface area contributed by atoms with Gasteiger partial charge >= 0.3 is 0 Å². The first-order valence-electron chi connectivity index (χ1n) is 8.74. The summed E-state index contributed by atoms with van der Waals surface area (Å²) >= 11 is 0. The average molecular weight is 474 g/mol. The van der Waals surface area contributed by atoms with Gasteiger partial charge in [0.1, 0.15) is 5.75 Å². The van der Waals surface area contributed by atoms with Crippen LogP contribution in [-0.2, 0) is 4.74 Å². The molecule has 2 bridgehead atoms. The minimum Gasteiger partial charge on any atom is -0.497 e. The molecule has 0 saturated carbocycles. The Morgan fingerprint density at radius 2 is 1.96 bits per heavy atom. The molecule has 0 radical (unpaired) electrons. The number of nitrogens with zero attached hydrogens (tertiary/aromatic N) is 1. The molecule has 8 heteroatoms. The molecule has 2 fully saturated rings. The molecule has 2 aliphatic rings. The molecule has 1 aromatic rings. The number of fused-ring (bicyclic) bond motifs is 2. The predicted octanol–water partition coefficient (Wildman–Crippen LogP) is 1.53. The molecule has 3 N–H and O–H groups in total. The predicted molar refractivity (Wildman–Crippen MR) is 112 cm³/mol. The van der Waals surface area contributed by atoms with Gasteiger partial charge in [-0.05, 0) is 43.5 Å². The number of halogens is 1. The number of amides is 1. The monoisotopic (exact) mass is 474 g/mol. The number of benzene rings is 1. The fraction of sp³-hybridized carbons (Fsp3) is 0.556. The lowest BCUT2D eigenvalue weighted by Gasteiger charge is -2.22. The number of carbonyl (C=O) groups excluding carboxylic acids is 1. The quantitative estimate of drug-likeness (QED) is 0.252. The van der Waals surface area contributed by atoms with Crippen LogP contribution >= 0.6 is 24.0 Å². The summed E-state index contributed by atoms with van der Waals surface area (Å²) in [7, 11) is 3.35. The molecule has 2 aliphatic heterocycles. The summed E-state index contributed by atoms with van der Waals surface area (Å²) in [5, 5.41) is 9.53. The maximum absolute atomic E-state index is 12.1. The second-order valence-corrected chi connectivity index (χ2v) is 6.34. The van der Waals surface area contributed by atoms with Gasteiger partial charge < -0.3 is 25.4 Å². The number of guanidine groups is 1. The largest absolute Gasteiger partial charge is 0.497 e. The lowest BCUT2D eigenvalue weighted by atomic mass is 9.96. The van der Waals surface area contributed by atoms with Gasteiger partial charge in [0.05, 0.1) is 25.4 Å². The maximum atomic E-state index is 12.1. The third kappa shape index (κ3) is 5.23. The number of aliphatic imine (C=N–C) groups is 1. The van der Waals surface area contributed by atoms with Crippen molar-refractivity contribution in [3.05, 3.63) is 29.8 Å². The van der Waals surface area contributed by atoms with Crippen LogP contribution in [0.25, 0.3) is 0 Å². The van der Waals surface area contributed by atoms with E-state index in [1.54, 1.807) is 38.4 Å². The Bertz CT molecular complexity index is 623. The van der Waals surface area contributed by atoms with Crippen molar-refractivity contribution in [2.75, 3.05) is 27.2 Å². The van der Waals surface area contributed by atoms with Gasteiger partial charge in [-0.15, -0.1) is 24.0 Å². The van der Waals surface area contributed by atoms with E-state index < -0.39 is 0 Å². The van der Waals surface area contributed by atoms with Gasteiger partial charge in [-0.2, -0.15) is 0 Å². The van der Waals surface area contributed by atoms with Crippen LogP contribution < -0.4 is 20.7 Å². The molecule has 0 spiro atoms. The van der Waals surface area contributed by atoms with E-state index in [9.17, 15) is 4.79 Å². The molecule has 2 saturated heterocycles. The highest BCUT2D eigenvalue weighted by Gasteiger charge is 2.41.